The summed E-state index contributed by atoms with van der Waals surface area (Å²) in [4.78, 5) is 77.8. The van der Waals surface area contributed by atoms with Crippen LogP contribution in [0.5, 0.6) is 11.5 Å². The lowest BCUT2D eigenvalue weighted by molar-refractivity contribution is -0.279. The molecule has 6 rings (SSSR count). The fourth-order valence-electron chi connectivity index (χ4n) is 10.2. The molecule has 9 atom stereocenters. The average Bonchev–Trinajstić information content (AvgIpc) is 1.44. The Hall–Kier alpha value is -6.68. The van der Waals surface area contributed by atoms with E-state index in [9.17, 15) is 28.8 Å². The highest BCUT2D eigenvalue weighted by atomic mass is 31.2. The van der Waals surface area contributed by atoms with Gasteiger partial charge in [-0.3, -0.25) is 37.6 Å². The van der Waals surface area contributed by atoms with E-state index in [1.54, 1.807) is 18.9 Å². The number of hydrogen-bond donors (Lipinski definition) is 2. The maximum atomic E-state index is 15.6. The molecule has 26 nitrogen and oxygen atoms in total. The second-order valence-electron chi connectivity index (χ2n) is 20.8. The van der Waals surface area contributed by atoms with E-state index in [1.165, 1.54) is 37.6 Å². The van der Waals surface area contributed by atoms with Crippen molar-refractivity contribution in [3.63, 3.8) is 0 Å². The van der Waals surface area contributed by atoms with Crippen molar-refractivity contribution >= 4 is 43.3 Å². The molecule has 0 radical (unpaired) electrons. The molecule has 2 N–H and O–H groups in total. The van der Waals surface area contributed by atoms with Gasteiger partial charge in [0, 0.05) is 59.3 Å². The van der Waals surface area contributed by atoms with E-state index < -0.39 is 97.8 Å². The number of rotatable bonds is 34. The minimum atomic E-state index is -4.27. The van der Waals surface area contributed by atoms with Gasteiger partial charge in [0.25, 0.3) is 0 Å². The van der Waals surface area contributed by atoms with Gasteiger partial charge in [0.1, 0.15) is 60.1 Å². The van der Waals surface area contributed by atoms with E-state index in [1.807, 2.05) is 107 Å². The predicted molar refractivity (Wildman–Crippen MR) is 313 cm³/mol. The molecule has 1 aromatic heterocycles. The van der Waals surface area contributed by atoms with Gasteiger partial charge in [0.05, 0.1) is 73.7 Å². The molecule has 3 heterocycles. The second-order valence-corrected chi connectivity index (χ2v) is 22.7. The number of anilines is 1. The average molecular weight is 1240 g/mol. The van der Waals surface area contributed by atoms with E-state index in [0.717, 1.165) is 30.5 Å². The summed E-state index contributed by atoms with van der Waals surface area (Å²) in [6, 6.07) is 24.4. The number of aromatic nitrogens is 2. The first-order valence-electron chi connectivity index (χ1n) is 28.6. The van der Waals surface area contributed by atoms with E-state index in [2.05, 4.69) is 15.6 Å². The van der Waals surface area contributed by atoms with Gasteiger partial charge in [-0.1, -0.05) is 54.6 Å². The number of carbonyl (C=O) groups is 5. The molecule has 478 valence electrons. The summed E-state index contributed by atoms with van der Waals surface area (Å²) < 4.78 is 102. The van der Waals surface area contributed by atoms with Gasteiger partial charge in [-0.15, -0.1) is 0 Å². The van der Waals surface area contributed by atoms with Gasteiger partial charge < -0.3 is 67.5 Å². The fourth-order valence-corrected chi connectivity index (χ4v) is 12.5. The molecule has 2 aliphatic heterocycles. The number of ether oxygens (including phenoxy) is 12. The van der Waals surface area contributed by atoms with Gasteiger partial charge >= 0.3 is 31.3 Å². The number of nitrogens with one attached hydrogen (secondary N) is 2. The molecule has 3 aromatic carbocycles. The maximum Gasteiger partial charge on any atom is 0.409 e. The molecular weight excluding hydrogens is 1160 g/mol. The molecule has 87 heavy (non-hydrogen) atoms. The Labute approximate surface area is 506 Å². The largest absolute Gasteiger partial charge is 0.497 e. The number of amides is 2. The minimum absolute atomic E-state index is 0.000325. The van der Waals surface area contributed by atoms with Crippen molar-refractivity contribution in [1.82, 2.24) is 19.5 Å². The molecule has 4 aromatic rings. The number of esters is 3. The normalized spacial score (nSPS) is 21.0. The Balaban J connectivity index is 1.11. The smallest absolute Gasteiger partial charge is 0.409 e. The highest BCUT2D eigenvalue weighted by Gasteiger charge is 2.52. The highest BCUT2D eigenvalue weighted by molar-refractivity contribution is 7.51. The first-order valence-corrected chi connectivity index (χ1v) is 30.1. The first kappa shape index (κ1) is 69.4. The molecule has 0 saturated carbocycles. The van der Waals surface area contributed by atoms with Crippen molar-refractivity contribution in [3.05, 3.63) is 118 Å². The third kappa shape index (κ3) is 19.7. The number of benzene rings is 3. The second kappa shape index (κ2) is 33.6. The molecule has 2 amide bonds. The van der Waals surface area contributed by atoms with E-state index in [0.29, 0.717) is 11.5 Å². The van der Waals surface area contributed by atoms with Crippen LogP contribution in [0.4, 0.5) is 5.82 Å². The molecule has 0 bridgehead atoms. The lowest BCUT2D eigenvalue weighted by Gasteiger charge is -2.44. The third-order valence-electron chi connectivity index (χ3n) is 13.7. The summed E-state index contributed by atoms with van der Waals surface area (Å²) in [5, 5.41) is 5.18. The van der Waals surface area contributed by atoms with Crippen LogP contribution in [-0.4, -0.2) is 179 Å². The van der Waals surface area contributed by atoms with Crippen molar-refractivity contribution in [3.8, 4) is 11.5 Å². The quantitative estimate of drug-likeness (QED) is 0.0182. The van der Waals surface area contributed by atoms with Gasteiger partial charge in [-0.25, -0.2) is 14.0 Å². The molecule has 0 spiro atoms. The van der Waals surface area contributed by atoms with Gasteiger partial charge in [-0.2, -0.15) is 4.98 Å². The zero-order valence-corrected chi connectivity index (χ0v) is 52.0. The summed E-state index contributed by atoms with van der Waals surface area (Å²) in [5.74, 6) is -1.69. The molecular formula is C60H82N5O21P. The zero-order chi connectivity index (χ0) is 63.3. The highest BCUT2D eigenvalue weighted by Crippen LogP contribution is 2.57. The minimum Gasteiger partial charge on any atom is -0.497 e. The van der Waals surface area contributed by atoms with Crippen molar-refractivity contribution in [1.29, 1.82) is 0 Å². The van der Waals surface area contributed by atoms with Crippen LogP contribution in [0.15, 0.2) is 95.9 Å². The Morgan fingerprint density at radius 1 is 0.667 bits per heavy atom. The molecule has 2 fully saturated rings. The Morgan fingerprint density at radius 3 is 1.71 bits per heavy atom. The number of methoxy groups -OCH3 is 2. The van der Waals surface area contributed by atoms with Crippen LogP contribution in [0.25, 0.3) is 0 Å². The third-order valence-corrected chi connectivity index (χ3v) is 16.2. The van der Waals surface area contributed by atoms with Crippen LogP contribution in [0.2, 0.25) is 0 Å². The SMILES string of the molecule is COc1ccc(C(OC[C@H]2O[C@@H](n3ccc(NC(C)=O)nc3=O)C[C@@H]2OP(=O)(OCCOCCOCCOCCO[C@@H]2O[C@H](COC(C)=O)[C@H](OC(C)=O)[C@H](OC(C)=O)[C@H]2NC(C)=O)N(C(C)C)C(C)C)(c2ccccc2)c2ccc(OC)cc2)cc1. The number of hydrogen-bond acceptors (Lipinski definition) is 22. The number of carbonyl (C=O) groups excluding carboxylic acids is 5. The molecule has 2 saturated heterocycles. The van der Waals surface area contributed by atoms with Crippen molar-refractivity contribution < 1.29 is 94.4 Å². The van der Waals surface area contributed by atoms with E-state index in [-0.39, 0.29) is 90.4 Å². The molecule has 2 aliphatic rings. The van der Waals surface area contributed by atoms with Crippen molar-refractivity contribution in [2.24, 2.45) is 0 Å². The predicted octanol–water partition coefficient (Wildman–Crippen LogP) is 5.87. The van der Waals surface area contributed by atoms with Crippen LogP contribution in [0, 0.1) is 0 Å². The van der Waals surface area contributed by atoms with E-state index >= 15 is 4.57 Å². The maximum absolute atomic E-state index is 15.6. The zero-order valence-electron chi connectivity index (χ0n) is 51.1. The molecule has 1 unspecified atom stereocenters. The van der Waals surface area contributed by atoms with Crippen LogP contribution in [-0.2, 0) is 90.6 Å². The van der Waals surface area contributed by atoms with Gasteiger partial charge in [0.2, 0.25) is 11.8 Å². The Kier molecular flexibility index (Phi) is 26.8. The van der Waals surface area contributed by atoms with Crippen LogP contribution < -0.4 is 25.8 Å². The summed E-state index contributed by atoms with van der Waals surface area (Å²) in [6.45, 7) is 13.4. The Morgan fingerprint density at radius 2 is 1.21 bits per heavy atom. The fraction of sp³-hybridized carbons (Fsp3) is 0.550. The summed E-state index contributed by atoms with van der Waals surface area (Å²) >= 11 is 0. The van der Waals surface area contributed by atoms with Crippen LogP contribution >= 0.6 is 7.75 Å². The van der Waals surface area contributed by atoms with Gasteiger partial charge in [0.15, 0.2) is 18.5 Å². The van der Waals surface area contributed by atoms with Crippen LogP contribution in [0.3, 0.4) is 0 Å². The topological polar surface area (TPSA) is 294 Å². The van der Waals surface area contributed by atoms with Crippen molar-refractivity contribution in [2.45, 2.75) is 135 Å². The first-order chi connectivity index (χ1) is 41.6. The summed E-state index contributed by atoms with van der Waals surface area (Å²) in [7, 11) is -1.09. The molecule has 27 heteroatoms. The monoisotopic (exact) mass is 1240 g/mol. The Bertz CT molecular complexity index is 2900. The van der Waals surface area contributed by atoms with Crippen LogP contribution in [0.1, 0.15) is 91.7 Å². The standard InChI is InChI=1S/C60H82N5O21P/c1-38(2)65(39(3)4)87(72,81-34-32-77-30-28-75-27-29-76-31-33-78-58-55(62-41(6)67)57(83-44(9)70)56(82-43(8)69)52(85-58)36-79-42(7)68)86-50-35-54(64-26-25-53(61-40(5)66)63-59(64)71)84-51(50)37-80-60(45-15-13-12-14-16-45,46-17-21-48(73-10)22-18-46)47-19-23-49(74-11)24-20-47/h12-26,38-39,50-52,54-58H,27-37H2,1-11H3,(H,62,67)(H,61,63,66,71)/t50-,51+,52+,54+,55+,56-,57+,58+,87?/m0/s1. The number of nitrogens with zero attached hydrogens (tertiary/aromatic N) is 3. The summed E-state index contributed by atoms with van der Waals surface area (Å²) in [5.41, 5.74) is 0.275. The van der Waals surface area contributed by atoms with Gasteiger partial charge in [-0.05, 0) is 74.7 Å². The lowest BCUT2D eigenvalue weighted by Crippen LogP contribution is -2.66. The molecule has 0 aliphatic carbocycles. The van der Waals surface area contributed by atoms with E-state index in [4.69, 9.17) is 65.9 Å². The lowest BCUT2D eigenvalue weighted by atomic mass is 9.80. The summed E-state index contributed by atoms with van der Waals surface area (Å²) in [6.07, 6.45) is -6.41. The van der Waals surface area contributed by atoms with Crippen molar-refractivity contribution in [2.75, 3.05) is 85.6 Å².